The zero-order chi connectivity index (χ0) is 14.0. The van der Waals surface area contributed by atoms with Crippen molar-refractivity contribution in [2.24, 2.45) is 0 Å². The zero-order valence-electron chi connectivity index (χ0n) is 11.6. The van der Waals surface area contributed by atoms with Crippen molar-refractivity contribution < 1.29 is 9.84 Å². The maximum atomic E-state index is 8.70. The summed E-state index contributed by atoms with van der Waals surface area (Å²) in [5.74, 6) is 1.72. The average Bonchev–Trinajstić information content (AvgIpc) is 2.48. The molecule has 0 heterocycles. The summed E-state index contributed by atoms with van der Waals surface area (Å²) in [4.78, 5) is 0. The van der Waals surface area contributed by atoms with E-state index in [-0.39, 0.29) is 6.61 Å². The molecule has 2 aromatic carbocycles. The number of aliphatic hydroxyl groups is 1. The Bertz CT molecular complexity index is 499. The largest absolute Gasteiger partial charge is 0.457 e. The van der Waals surface area contributed by atoms with E-state index in [1.807, 2.05) is 42.5 Å². The molecule has 3 nitrogen and oxygen atoms in total. The van der Waals surface area contributed by atoms with Crippen molar-refractivity contribution in [1.82, 2.24) is 5.32 Å². The smallest absolute Gasteiger partial charge is 0.127 e. The van der Waals surface area contributed by atoms with Gasteiger partial charge in [0.15, 0.2) is 0 Å². The van der Waals surface area contributed by atoms with E-state index in [0.717, 1.165) is 37.4 Å². The van der Waals surface area contributed by atoms with E-state index in [1.54, 1.807) is 0 Å². The summed E-state index contributed by atoms with van der Waals surface area (Å²) in [5.41, 5.74) is 1.25. The predicted molar refractivity (Wildman–Crippen MR) is 81.2 cm³/mol. The lowest BCUT2D eigenvalue weighted by Gasteiger charge is -2.08. The van der Waals surface area contributed by atoms with Gasteiger partial charge in [0.1, 0.15) is 11.5 Å². The minimum atomic E-state index is 0.243. The van der Waals surface area contributed by atoms with Crippen LogP contribution >= 0.6 is 0 Å². The number of hydrogen-bond donors (Lipinski definition) is 2. The van der Waals surface area contributed by atoms with Crippen molar-refractivity contribution in [2.75, 3.05) is 19.7 Å². The summed E-state index contributed by atoms with van der Waals surface area (Å²) in [5, 5.41) is 12.0. The Kier molecular flexibility index (Phi) is 6.08. The first-order valence-corrected chi connectivity index (χ1v) is 7.02. The van der Waals surface area contributed by atoms with Gasteiger partial charge in [-0.3, -0.25) is 0 Å². The van der Waals surface area contributed by atoms with Crippen LogP contribution in [0.1, 0.15) is 12.0 Å². The van der Waals surface area contributed by atoms with Gasteiger partial charge in [-0.05, 0) is 55.8 Å². The Balaban J connectivity index is 1.84. The first-order valence-electron chi connectivity index (χ1n) is 7.02. The van der Waals surface area contributed by atoms with E-state index in [0.29, 0.717) is 0 Å². The van der Waals surface area contributed by atoms with Crippen LogP contribution in [0.2, 0.25) is 0 Å². The Labute approximate surface area is 120 Å². The van der Waals surface area contributed by atoms with Crippen molar-refractivity contribution >= 4 is 0 Å². The number of para-hydroxylation sites is 1. The van der Waals surface area contributed by atoms with Gasteiger partial charge < -0.3 is 15.2 Å². The van der Waals surface area contributed by atoms with Gasteiger partial charge in [0.2, 0.25) is 0 Å². The fraction of sp³-hybridized carbons (Fsp3) is 0.294. The van der Waals surface area contributed by atoms with Crippen molar-refractivity contribution in [3.63, 3.8) is 0 Å². The van der Waals surface area contributed by atoms with Gasteiger partial charge >= 0.3 is 0 Å². The van der Waals surface area contributed by atoms with Crippen LogP contribution in [0.3, 0.4) is 0 Å². The van der Waals surface area contributed by atoms with Crippen LogP contribution < -0.4 is 10.1 Å². The molecule has 0 aliphatic carbocycles. The molecule has 0 radical (unpaired) electrons. The van der Waals surface area contributed by atoms with Gasteiger partial charge in [-0.15, -0.1) is 0 Å². The number of aliphatic hydroxyl groups excluding tert-OH is 1. The molecule has 0 aliphatic rings. The van der Waals surface area contributed by atoms with Crippen LogP contribution in [0, 0.1) is 0 Å². The molecule has 2 aromatic rings. The Morgan fingerprint density at radius 1 is 0.900 bits per heavy atom. The third kappa shape index (κ3) is 5.03. The number of ether oxygens (including phenoxy) is 1. The van der Waals surface area contributed by atoms with Crippen LogP contribution in [-0.4, -0.2) is 24.8 Å². The topological polar surface area (TPSA) is 41.5 Å². The molecule has 0 amide bonds. The summed E-state index contributed by atoms with van der Waals surface area (Å²) >= 11 is 0. The molecule has 2 N–H and O–H groups in total. The third-order valence-corrected chi connectivity index (χ3v) is 2.98. The van der Waals surface area contributed by atoms with Crippen LogP contribution in [0.5, 0.6) is 11.5 Å². The SMILES string of the molecule is OCCCNCCc1cccc(Oc2ccccc2)c1. The number of rotatable bonds is 8. The van der Waals surface area contributed by atoms with Gasteiger partial charge in [0.05, 0.1) is 0 Å². The number of benzene rings is 2. The maximum absolute atomic E-state index is 8.70. The first-order chi connectivity index (χ1) is 9.88. The van der Waals surface area contributed by atoms with Crippen LogP contribution in [0.25, 0.3) is 0 Å². The van der Waals surface area contributed by atoms with Crippen LogP contribution in [-0.2, 0) is 6.42 Å². The van der Waals surface area contributed by atoms with Gasteiger partial charge in [-0.25, -0.2) is 0 Å². The molecule has 0 saturated carbocycles. The number of nitrogens with one attached hydrogen (secondary N) is 1. The van der Waals surface area contributed by atoms with Gasteiger partial charge in [-0.2, -0.15) is 0 Å². The molecule has 0 spiro atoms. The highest BCUT2D eigenvalue weighted by Gasteiger charge is 1.99. The van der Waals surface area contributed by atoms with Gasteiger partial charge in [0, 0.05) is 6.61 Å². The monoisotopic (exact) mass is 271 g/mol. The van der Waals surface area contributed by atoms with E-state index in [2.05, 4.69) is 17.4 Å². The van der Waals surface area contributed by atoms with Gasteiger partial charge in [0.25, 0.3) is 0 Å². The molecule has 0 bridgehead atoms. The maximum Gasteiger partial charge on any atom is 0.127 e. The minimum absolute atomic E-state index is 0.243. The molecule has 0 aliphatic heterocycles. The lowest BCUT2D eigenvalue weighted by molar-refractivity contribution is 0.286. The fourth-order valence-electron chi connectivity index (χ4n) is 1.95. The van der Waals surface area contributed by atoms with Gasteiger partial charge in [-0.1, -0.05) is 30.3 Å². The quantitative estimate of drug-likeness (QED) is 0.725. The van der Waals surface area contributed by atoms with E-state index < -0.39 is 0 Å². The lowest BCUT2D eigenvalue weighted by Crippen LogP contribution is -2.19. The highest BCUT2D eigenvalue weighted by Crippen LogP contribution is 2.21. The Morgan fingerprint density at radius 2 is 1.70 bits per heavy atom. The fourth-order valence-corrected chi connectivity index (χ4v) is 1.95. The summed E-state index contributed by atoms with van der Waals surface area (Å²) in [7, 11) is 0. The summed E-state index contributed by atoms with van der Waals surface area (Å²) in [6, 6.07) is 17.9. The van der Waals surface area contributed by atoms with Crippen molar-refractivity contribution in [3.05, 3.63) is 60.2 Å². The predicted octanol–water partition coefficient (Wildman–Crippen LogP) is 2.99. The number of hydrogen-bond acceptors (Lipinski definition) is 3. The molecule has 0 fully saturated rings. The highest BCUT2D eigenvalue weighted by atomic mass is 16.5. The molecule has 0 atom stereocenters. The molecular weight excluding hydrogens is 250 g/mol. The van der Waals surface area contributed by atoms with Crippen molar-refractivity contribution in [1.29, 1.82) is 0 Å². The van der Waals surface area contributed by atoms with E-state index >= 15 is 0 Å². The molecule has 3 heteroatoms. The summed E-state index contributed by atoms with van der Waals surface area (Å²) < 4.78 is 5.81. The molecule has 0 aromatic heterocycles. The first kappa shape index (κ1) is 14.6. The molecule has 2 rings (SSSR count). The van der Waals surface area contributed by atoms with Crippen molar-refractivity contribution in [2.45, 2.75) is 12.8 Å². The molecule has 0 saturated heterocycles. The second-order valence-electron chi connectivity index (χ2n) is 4.64. The van der Waals surface area contributed by atoms with E-state index in [4.69, 9.17) is 9.84 Å². The third-order valence-electron chi connectivity index (χ3n) is 2.98. The lowest BCUT2D eigenvalue weighted by atomic mass is 10.1. The Hall–Kier alpha value is -1.84. The van der Waals surface area contributed by atoms with E-state index in [9.17, 15) is 0 Å². The molecule has 106 valence electrons. The second kappa shape index (κ2) is 8.35. The standard InChI is InChI=1S/C17H21NO2/c19-13-5-11-18-12-10-15-6-4-9-17(14-15)20-16-7-2-1-3-8-16/h1-4,6-9,14,18-19H,5,10-13H2. The Morgan fingerprint density at radius 3 is 2.50 bits per heavy atom. The molecule has 20 heavy (non-hydrogen) atoms. The minimum Gasteiger partial charge on any atom is -0.457 e. The molecular formula is C17H21NO2. The highest BCUT2D eigenvalue weighted by molar-refractivity contribution is 5.33. The van der Waals surface area contributed by atoms with E-state index in [1.165, 1.54) is 5.56 Å². The van der Waals surface area contributed by atoms with Crippen LogP contribution in [0.4, 0.5) is 0 Å². The summed E-state index contributed by atoms with van der Waals surface area (Å²) in [6.07, 6.45) is 1.76. The van der Waals surface area contributed by atoms with Crippen molar-refractivity contribution in [3.8, 4) is 11.5 Å². The normalized spacial score (nSPS) is 10.4. The van der Waals surface area contributed by atoms with Crippen LogP contribution in [0.15, 0.2) is 54.6 Å². The second-order valence-corrected chi connectivity index (χ2v) is 4.64. The average molecular weight is 271 g/mol. The summed E-state index contributed by atoms with van der Waals surface area (Å²) in [6.45, 7) is 2.01. The molecule has 0 unspecified atom stereocenters. The zero-order valence-corrected chi connectivity index (χ0v) is 11.6.